The van der Waals surface area contributed by atoms with Crippen LogP contribution in [0.3, 0.4) is 0 Å². The molecule has 1 aromatic heterocycles. The number of tetrazole rings is 1. The highest BCUT2D eigenvalue weighted by Gasteiger charge is 2.08. The molecule has 2 rings (SSSR count). The van der Waals surface area contributed by atoms with Crippen molar-refractivity contribution < 1.29 is 4.74 Å². The van der Waals surface area contributed by atoms with Gasteiger partial charge in [0, 0.05) is 23.7 Å². The molecule has 0 aliphatic carbocycles. The summed E-state index contributed by atoms with van der Waals surface area (Å²) >= 11 is 6.06. The summed E-state index contributed by atoms with van der Waals surface area (Å²) in [6.45, 7) is 6.18. The Bertz CT molecular complexity index is 572. The van der Waals surface area contributed by atoms with E-state index < -0.39 is 0 Å². The molecule has 114 valence electrons. The number of halogens is 1. The lowest BCUT2D eigenvalue weighted by molar-refractivity contribution is 0.314. The van der Waals surface area contributed by atoms with E-state index in [-0.39, 0.29) is 0 Å². The number of hydrogen-bond donors (Lipinski definition) is 1. The van der Waals surface area contributed by atoms with E-state index in [0.29, 0.717) is 24.1 Å². The Hall–Kier alpha value is -1.82. The van der Waals surface area contributed by atoms with Crippen molar-refractivity contribution in [3.8, 4) is 5.75 Å². The molecule has 0 unspecified atom stereocenters. The summed E-state index contributed by atoms with van der Waals surface area (Å²) in [6, 6.07) is 5.62. The first-order valence-electron chi connectivity index (χ1n) is 7.15. The molecule has 0 aliphatic rings. The van der Waals surface area contributed by atoms with Gasteiger partial charge >= 0.3 is 0 Å². The Balaban J connectivity index is 2.07. The van der Waals surface area contributed by atoms with E-state index in [1.165, 1.54) is 0 Å². The lowest BCUT2D eigenvalue weighted by Gasteiger charge is -2.12. The summed E-state index contributed by atoms with van der Waals surface area (Å²) in [5.41, 5.74) is 0.988. The van der Waals surface area contributed by atoms with Crippen molar-refractivity contribution in [1.82, 2.24) is 20.2 Å². The monoisotopic (exact) mass is 309 g/mol. The van der Waals surface area contributed by atoms with Gasteiger partial charge in [0.1, 0.15) is 5.75 Å². The average molecular weight is 310 g/mol. The predicted octanol–water partition coefficient (Wildman–Crippen LogP) is 3.14. The van der Waals surface area contributed by atoms with Crippen LogP contribution in [0.1, 0.15) is 32.3 Å². The van der Waals surface area contributed by atoms with Gasteiger partial charge in [0.25, 0.3) is 0 Å². The quantitative estimate of drug-likeness (QED) is 0.811. The Labute approximate surface area is 129 Å². The third kappa shape index (κ3) is 4.32. The van der Waals surface area contributed by atoms with Crippen LogP contribution in [0.25, 0.3) is 0 Å². The molecule has 0 aliphatic heterocycles. The van der Waals surface area contributed by atoms with E-state index in [2.05, 4.69) is 34.7 Å². The summed E-state index contributed by atoms with van der Waals surface area (Å²) in [7, 11) is 0. The van der Waals surface area contributed by atoms with Gasteiger partial charge < -0.3 is 10.1 Å². The number of anilines is 1. The van der Waals surface area contributed by atoms with Gasteiger partial charge in [-0.3, -0.25) is 0 Å². The lowest BCUT2D eigenvalue weighted by atomic mass is 10.2. The van der Waals surface area contributed by atoms with E-state index in [0.717, 1.165) is 30.7 Å². The number of nitrogens with zero attached hydrogens (tertiary/aromatic N) is 4. The van der Waals surface area contributed by atoms with Crippen LogP contribution in [0.2, 0.25) is 5.02 Å². The molecule has 1 N–H and O–H groups in total. The highest BCUT2D eigenvalue weighted by molar-refractivity contribution is 6.30. The van der Waals surface area contributed by atoms with Crippen LogP contribution in [-0.4, -0.2) is 26.8 Å². The number of hydrogen-bond acceptors (Lipinski definition) is 5. The molecule has 2 aromatic rings. The van der Waals surface area contributed by atoms with Gasteiger partial charge in [-0.05, 0) is 41.5 Å². The maximum Gasteiger partial charge on any atom is 0.243 e. The third-order valence-electron chi connectivity index (χ3n) is 2.89. The molecule has 21 heavy (non-hydrogen) atoms. The van der Waals surface area contributed by atoms with E-state index >= 15 is 0 Å². The largest absolute Gasteiger partial charge is 0.493 e. The molecule has 1 aromatic carbocycles. The minimum absolute atomic E-state index is 0.559. The fraction of sp³-hybridized carbons (Fsp3) is 0.500. The zero-order valence-electron chi connectivity index (χ0n) is 12.3. The number of nitrogens with one attached hydrogen (secondary N) is 1. The van der Waals surface area contributed by atoms with E-state index in [4.69, 9.17) is 16.3 Å². The predicted molar refractivity (Wildman–Crippen MR) is 82.7 cm³/mol. The summed E-state index contributed by atoms with van der Waals surface area (Å²) in [4.78, 5) is 0. The highest BCUT2D eigenvalue weighted by Crippen LogP contribution is 2.24. The van der Waals surface area contributed by atoms with Gasteiger partial charge in [-0.15, -0.1) is 0 Å². The number of aromatic nitrogens is 4. The molecule has 0 saturated heterocycles. The summed E-state index contributed by atoms with van der Waals surface area (Å²) in [5.74, 6) is 1.49. The molecule has 0 spiro atoms. The van der Waals surface area contributed by atoms with Gasteiger partial charge in [-0.25, -0.2) is 4.68 Å². The number of ether oxygens (including phenoxy) is 1. The standard InChI is InChI=1S/C14H20ClN5O/c1-3-7-20-14(17-18-19-20)16-10-11-9-12(15)5-6-13(11)21-8-4-2/h5-6,9H,3-4,7-8,10H2,1-2H3,(H,16,17,19). The van der Waals surface area contributed by atoms with Gasteiger partial charge in [0.15, 0.2) is 0 Å². The first-order valence-corrected chi connectivity index (χ1v) is 7.53. The van der Waals surface area contributed by atoms with Crippen LogP contribution in [0.15, 0.2) is 18.2 Å². The van der Waals surface area contributed by atoms with Crippen molar-refractivity contribution in [3.05, 3.63) is 28.8 Å². The van der Waals surface area contributed by atoms with Crippen molar-refractivity contribution in [2.75, 3.05) is 11.9 Å². The van der Waals surface area contributed by atoms with Crippen LogP contribution < -0.4 is 10.1 Å². The molecule has 7 heteroatoms. The smallest absolute Gasteiger partial charge is 0.243 e. The fourth-order valence-corrected chi connectivity index (χ4v) is 2.10. The van der Waals surface area contributed by atoms with Crippen molar-refractivity contribution in [2.45, 2.75) is 39.8 Å². The fourth-order valence-electron chi connectivity index (χ4n) is 1.91. The van der Waals surface area contributed by atoms with E-state index in [1.54, 1.807) is 4.68 Å². The van der Waals surface area contributed by atoms with Crippen molar-refractivity contribution in [3.63, 3.8) is 0 Å². The van der Waals surface area contributed by atoms with Crippen LogP contribution in [0.5, 0.6) is 5.75 Å². The average Bonchev–Trinajstić information content (AvgIpc) is 2.92. The Morgan fingerprint density at radius 2 is 2.14 bits per heavy atom. The Morgan fingerprint density at radius 3 is 2.90 bits per heavy atom. The van der Waals surface area contributed by atoms with Gasteiger partial charge in [-0.1, -0.05) is 30.5 Å². The van der Waals surface area contributed by atoms with Crippen LogP contribution in [0, 0.1) is 0 Å². The molecular formula is C14H20ClN5O. The van der Waals surface area contributed by atoms with Gasteiger partial charge in [0.2, 0.25) is 5.95 Å². The van der Waals surface area contributed by atoms with Gasteiger partial charge in [-0.2, -0.15) is 0 Å². The second kappa shape index (κ2) is 7.83. The molecule has 6 nitrogen and oxygen atoms in total. The number of rotatable bonds is 8. The molecular weight excluding hydrogens is 290 g/mol. The second-order valence-electron chi connectivity index (χ2n) is 4.68. The first-order chi connectivity index (χ1) is 10.2. The molecule has 0 atom stereocenters. The summed E-state index contributed by atoms with van der Waals surface area (Å²) in [6.07, 6.45) is 1.94. The normalized spacial score (nSPS) is 10.6. The molecule has 0 radical (unpaired) electrons. The minimum Gasteiger partial charge on any atom is -0.493 e. The number of aryl methyl sites for hydroxylation is 1. The van der Waals surface area contributed by atoms with Crippen molar-refractivity contribution in [2.24, 2.45) is 0 Å². The SMILES string of the molecule is CCCOc1ccc(Cl)cc1CNc1nnnn1CCC. The number of benzene rings is 1. The van der Waals surface area contributed by atoms with E-state index in [1.807, 2.05) is 18.2 Å². The highest BCUT2D eigenvalue weighted by atomic mass is 35.5. The maximum atomic E-state index is 6.06. The Kier molecular flexibility index (Phi) is 5.80. The Morgan fingerprint density at radius 1 is 1.29 bits per heavy atom. The maximum absolute atomic E-state index is 6.06. The lowest BCUT2D eigenvalue weighted by Crippen LogP contribution is -2.10. The topological polar surface area (TPSA) is 64.9 Å². The van der Waals surface area contributed by atoms with Crippen molar-refractivity contribution in [1.29, 1.82) is 0 Å². The van der Waals surface area contributed by atoms with Crippen LogP contribution >= 0.6 is 11.6 Å². The molecule has 0 saturated carbocycles. The zero-order valence-corrected chi connectivity index (χ0v) is 13.1. The third-order valence-corrected chi connectivity index (χ3v) is 3.12. The molecule has 0 bridgehead atoms. The zero-order chi connectivity index (χ0) is 15.1. The second-order valence-corrected chi connectivity index (χ2v) is 5.12. The van der Waals surface area contributed by atoms with Gasteiger partial charge in [0.05, 0.1) is 6.61 Å². The molecule has 1 heterocycles. The summed E-state index contributed by atoms with van der Waals surface area (Å²) < 4.78 is 7.48. The minimum atomic E-state index is 0.559. The van der Waals surface area contributed by atoms with E-state index in [9.17, 15) is 0 Å². The summed E-state index contributed by atoms with van der Waals surface area (Å²) in [5, 5.41) is 15.5. The van der Waals surface area contributed by atoms with Crippen LogP contribution in [-0.2, 0) is 13.1 Å². The van der Waals surface area contributed by atoms with Crippen LogP contribution in [0.4, 0.5) is 5.95 Å². The van der Waals surface area contributed by atoms with Crippen molar-refractivity contribution >= 4 is 17.5 Å². The molecule has 0 amide bonds. The first kappa shape index (κ1) is 15.6. The molecule has 0 fully saturated rings.